The highest BCUT2D eigenvalue weighted by atomic mass is 16.3. The molecule has 2 aromatic rings. The number of aryl methyl sites for hydroxylation is 1. The van der Waals surface area contributed by atoms with Crippen molar-refractivity contribution in [2.75, 3.05) is 6.54 Å². The van der Waals surface area contributed by atoms with Crippen LogP contribution in [0.3, 0.4) is 0 Å². The predicted molar refractivity (Wildman–Crippen MR) is 72.3 cm³/mol. The van der Waals surface area contributed by atoms with Crippen molar-refractivity contribution in [3.63, 3.8) is 0 Å². The Hall–Kier alpha value is -1.28. The Morgan fingerprint density at radius 2 is 2.06 bits per heavy atom. The summed E-state index contributed by atoms with van der Waals surface area (Å²) in [5.74, 6) is 1.06. The lowest BCUT2D eigenvalue weighted by Crippen LogP contribution is -2.20. The third kappa shape index (κ3) is 2.70. The van der Waals surface area contributed by atoms with E-state index in [4.69, 9.17) is 4.42 Å². The zero-order valence-electron chi connectivity index (χ0n) is 10.9. The molecule has 0 bridgehead atoms. The van der Waals surface area contributed by atoms with Crippen molar-refractivity contribution < 1.29 is 4.42 Å². The fourth-order valence-electron chi connectivity index (χ4n) is 2.24. The highest BCUT2D eigenvalue weighted by molar-refractivity contribution is 5.78. The molecule has 2 nitrogen and oxygen atoms in total. The van der Waals surface area contributed by atoms with Crippen molar-refractivity contribution in [1.82, 2.24) is 5.32 Å². The Morgan fingerprint density at radius 3 is 2.76 bits per heavy atom. The van der Waals surface area contributed by atoms with E-state index in [2.05, 4.69) is 50.4 Å². The summed E-state index contributed by atoms with van der Waals surface area (Å²) >= 11 is 0. The van der Waals surface area contributed by atoms with Crippen LogP contribution in [0.15, 0.2) is 28.7 Å². The fraction of sp³-hybridized carbons (Fsp3) is 0.467. The van der Waals surface area contributed by atoms with E-state index in [1.54, 1.807) is 0 Å². The van der Waals surface area contributed by atoms with Gasteiger partial charge in [-0.2, -0.15) is 0 Å². The number of furan rings is 1. The lowest BCUT2D eigenvalue weighted by molar-refractivity contribution is 0.414. The first-order valence-corrected chi connectivity index (χ1v) is 6.48. The van der Waals surface area contributed by atoms with Crippen LogP contribution in [0.25, 0.3) is 11.0 Å². The van der Waals surface area contributed by atoms with Gasteiger partial charge in [0.05, 0.1) is 6.04 Å². The average molecular weight is 231 g/mol. The van der Waals surface area contributed by atoms with Crippen molar-refractivity contribution in [1.29, 1.82) is 0 Å². The number of benzene rings is 1. The monoisotopic (exact) mass is 231 g/mol. The van der Waals surface area contributed by atoms with Crippen LogP contribution in [-0.4, -0.2) is 6.54 Å². The molecular formula is C15H21NO. The van der Waals surface area contributed by atoms with Gasteiger partial charge in [-0.15, -0.1) is 0 Å². The van der Waals surface area contributed by atoms with Crippen molar-refractivity contribution in [3.05, 3.63) is 35.6 Å². The van der Waals surface area contributed by atoms with Gasteiger partial charge >= 0.3 is 0 Å². The van der Waals surface area contributed by atoms with Crippen molar-refractivity contribution in [2.45, 2.75) is 39.7 Å². The largest absolute Gasteiger partial charge is 0.459 e. The van der Waals surface area contributed by atoms with Gasteiger partial charge in [0.25, 0.3) is 0 Å². The highest BCUT2D eigenvalue weighted by Gasteiger charge is 2.14. The molecule has 0 saturated carbocycles. The maximum absolute atomic E-state index is 5.93. The molecule has 0 saturated heterocycles. The Balaban J connectivity index is 2.33. The van der Waals surface area contributed by atoms with E-state index in [-0.39, 0.29) is 0 Å². The van der Waals surface area contributed by atoms with E-state index in [1.165, 1.54) is 10.9 Å². The first-order valence-electron chi connectivity index (χ1n) is 6.48. The topological polar surface area (TPSA) is 25.2 Å². The molecule has 1 unspecified atom stereocenters. The van der Waals surface area contributed by atoms with E-state index in [0.29, 0.717) is 6.04 Å². The molecule has 1 aromatic heterocycles. The molecule has 1 heterocycles. The Kier molecular flexibility index (Phi) is 3.85. The van der Waals surface area contributed by atoms with Crippen LogP contribution < -0.4 is 5.32 Å². The summed E-state index contributed by atoms with van der Waals surface area (Å²) in [6, 6.07) is 8.85. The number of fused-ring (bicyclic) bond motifs is 1. The number of nitrogens with one attached hydrogen (secondary N) is 1. The normalized spacial score (nSPS) is 13.1. The number of rotatable bonds is 5. The van der Waals surface area contributed by atoms with E-state index in [0.717, 1.165) is 30.7 Å². The Bertz CT molecular complexity index is 481. The average Bonchev–Trinajstić information content (AvgIpc) is 2.71. The summed E-state index contributed by atoms with van der Waals surface area (Å²) in [6.45, 7) is 7.42. The molecule has 0 fully saturated rings. The summed E-state index contributed by atoms with van der Waals surface area (Å²) in [7, 11) is 0. The molecule has 0 amide bonds. The molecule has 1 atom stereocenters. The molecule has 0 aliphatic carbocycles. The molecule has 0 aliphatic heterocycles. The first kappa shape index (κ1) is 12.2. The zero-order valence-corrected chi connectivity index (χ0v) is 10.9. The maximum atomic E-state index is 5.93. The lowest BCUT2D eigenvalue weighted by atomic mass is 10.1. The second kappa shape index (κ2) is 5.37. The van der Waals surface area contributed by atoms with Crippen molar-refractivity contribution in [2.24, 2.45) is 0 Å². The number of hydrogen-bond donors (Lipinski definition) is 1. The predicted octanol–water partition coefficient (Wildman–Crippen LogP) is 4.19. The van der Waals surface area contributed by atoms with Crippen LogP contribution in [0.2, 0.25) is 0 Å². The van der Waals surface area contributed by atoms with Gasteiger partial charge in [-0.3, -0.25) is 0 Å². The molecule has 2 heteroatoms. The van der Waals surface area contributed by atoms with Gasteiger partial charge in [-0.1, -0.05) is 31.9 Å². The SMILES string of the molecule is CCCC(NCC)c1cc2cc(C)ccc2o1. The van der Waals surface area contributed by atoms with Crippen molar-refractivity contribution in [3.8, 4) is 0 Å². The van der Waals surface area contributed by atoms with Gasteiger partial charge in [-0.05, 0) is 38.1 Å². The van der Waals surface area contributed by atoms with Crippen LogP contribution in [0.4, 0.5) is 0 Å². The molecule has 2 rings (SSSR count). The third-order valence-corrected chi connectivity index (χ3v) is 3.06. The van der Waals surface area contributed by atoms with Gasteiger partial charge in [-0.25, -0.2) is 0 Å². The molecule has 0 spiro atoms. The second-order valence-corrected chi connectivity index (χ2v) is 4.59. The van der Waals surface area contributed by atoms with Gasteiger partial charge in [0.2, 0.25) is 0 Å². The quantitative estimate of drug-likeness (QED) is 0.834. The van der Waals surface area contributed by atoms with Crippen LogP contribution in [0.5, 0.6) is 0 Å². The highest BCUT2D eigenvalue weighted by Crippen LogP contribution is 2.27. The van der Waals surface area contributed by atoms with Gasteiger partial charge in [0.15, 0.2) is 0 Å². The summed E-state index contributed by atoms with van der Waals surface area (Å²) in [6.07, 6.45) is 2.28. The molecule has 1 N–H and O–H groups in total. The molecule has 0 aliphatic rings. The Labute approximate surface area is 103 Å². The maximum Gasteiger partial charge on any atom is 0.134 e. The molecular weight excluding hydrogens is 210 g/mol. The van der Waals surface area contributed by atoms with E-state index >= 15 is 0 Å². The van der Waals surface area contributed by atoms with E-state index in [9.17, 15) is 0 Å². The van der Waals surface area contributed by atoms with Gasteiger partial charge in [0, 0.05) is 5.39 Å². The zero-order chi connectivity index (χ0) is 12.3. The molecule has 92 valence electrons. The minimum atomic E-state index is 0.345. The minimum absolute atomic E-state index is 0.345. The van der Waals surface area contributed by atoms with Gasteiger partial charge in [0.1, 0.15) is 11.3 Å². The summed E-state index contributed by atoms with van der Waals surface area (Å²) in [4.78, 5) is 0. The molecule has 17 heavy (non-hydrogen) atoms. The van der Waals surface area contributed by atoms with Gasteiger partial charge < -0.3 is 9.73 Å². The van der Waals surface area contributed by atoms with Crippen LogP contribution >= 0.6 is 0 Å². The fourth-order valence-corrected chi connectivity index (χ4v) is 2.24. The standard InChI is InChI=1S/C15H21NO/c1-4-6-13(16-5-2)15-10-12-9-11(3)7-8-14(12)17-15/h7-10,13,16H,4-6H2,1-3H3. The van der Waals surface area contributed by atoms with Crippen molar-refractivity contribution >= 4 is 11.0 Å². The minimum Gasteiger partial charge on any atom is -0.459 e. The third-order valence-electron chi connectivity index (χ3n) is 3.06. The molecule has 1 aromatic carbocycles. The lowest BCUT2D eigenvalue weighted by Gasteiger charge is -2.13. The summed E-state index contributed by atoms with van der Waals surface area (Å²) in [5.41, 5.74) is 2.27. The van der Waals surface area contributed by atoms with Crippen LogP contribution in [-0.2, 0) is 0 Å². The summed E-state index contributed by atoms with van der Waals surface area (Å²) in [5, 5.41) is 4.69. The van der Waals surface area contributed by atoms with E-state index < -0.39 is 0 Å². The molecule has 0 radical (unpaired) electrons. The van der Waals surface area contributed by atoms with Crippen LogP contribution in [0, 0.1) is 6.92 Å². The second-order valence-electron chi connectivity index (χ2n) is 4.59. The smallest absolute Gasteiger partial charge is 0.134 e. The Morgan fingerprint density at radius 1 is 1.24 bits per heavy atom. The summed E-state index contributed by atoms with van der Waals surface area (Å²) < 4.78 is 5.93. The first-order chi connectivity index (χ1) is 8.24. The van der Waals surface area contributed by atoms with E-state index in [1.807, 2.05) is 0 Å². The van der Waals surface area contributed by atoms with Crippen LogP contribution in [0.1, 0.15) is 44.1 Å². The number of hydrogen-bond acceptors (Lipinski definition) is 2.